The number of urea groups is 2. The van der Waals surface area contributed by atoms with Gasteiger partial charge in [-0.05, 0) is 42.5 Å². The van der Waals surface area contributed by atoms with E-state index in [2.05, 4.69) is 22.1 Å². The predicted octanol–water partition coefficient (Wildman–Crippen LogP) is 3.54. The van der Waals surface area contributed by atoms with Crippen molar-refractivity contribution in [1.82, 2.24) is 9.88 Å². The Balaban J connectivity index is 1.45. The molecule has 1 fully saturated rings. The fraction of sp³-hybridized carbons (Fsp3) is 0.0870. The smallest absolute Gasteiger partial charge is 0.332 e. The fourth-order valence-electron chi connectivity index (χ4n) is 3.10. The summed E-state index contributed by atoms with van der Waals surface area (Å²) in [6.45, 7) is 0.771. The van der Waals surface area contributed by atoms with E-state index < -0.39 is 6.03 Å². The molecular weight excluding hydrogens is 378 g/mol. The number of nitrogens with one attached hydrogen (secondary N) is 1. The summed E-state index contributed by atoms with van der Waals surface area (Å²) < 4.78 is 0. The number of carbonyl (C=O) groups is 2. The van der Waals surface area contributed by atoms with Gasteiger partial charge < -0.3 is 11.1 Å². The molecule has 0 unspecified atom stereocenters. The molecule has 0 atom stereocenters. The maximum atomic E-state index is 12.6. The van der Waals surface area contributed by atoms with Crippen molar-refractivity contribution in [3.63, 3.8) is 0 Å². The second-order valence-electron chi connectivity index (χ2n) is 6.62. The number of nitrogens with zero attached hydrogens (tertiary/aromatic N) is 3. The maximum absolute atomic E-state index is 12.6. The van der Waals surface area contributed by atoms with Crippen LogP contribution in [0, 0.1) is 11.8 Å². The number of para-hydroxylation sites is 1. The molecule has 0 saturated carbocycles. The number of anilines is 3. The lowest BCUT2D eigenvalue weighted by Crippen LogP contribution is -2.39. The van der Waals surface area contributed by atoms with Crippen molar-refractivity contribution < 1.29 is 9.59 Å². The maximum Gasteiger partial charge on any atom is 0.332 e. The molecule has 0 aliphatic carbocycles. The lowest BCUT2D eigenvalue weighted by molar-refractivity contribution is 0.209. The molecule has 1 aromatic heterocycles. The molecule has 3 aromatic rings. The molecule has 148 valence electrons. The van der Waals surface area contributed by atoms with Gasteiger partial charge in [-0.25, -0.2) is 19.5 Å². The highest BCUT2D eigenvalue weighted by Crippen LogP contribution is 2.21. The fourth-order valence-corrected chi connectivity index (χ4v) is 3.10. The average molecular weight is 397 g/mol. The highest BCUT2D eigenvalue weighted by Gasteiger charge is 2.33. The summed E-state index contributed by atoms with van der Waals surface area (Å²) in [7, 11) is 0. The van der Waals surface area contributed by atoms with E-state index in [1.165, 1.54) is 4.90 Å². The Morgan fingerprint density at radius 2 is 1.83 bits per heavy atom. The van der Waals surface area contributed by atoms with Gasteiger partial charge in [-0.3, -0.25) is 4.90 Å². The van der Waals surface area contributed by atoms with Crippen molar-refractivity contribution >= 4 is 29.3 Å². The van der Waals surface area contributed by atoms with Gasteiger partial charge in [0.2, 0.25) is 0 Å². The summed E-state index contributed by atoms with van der Waals surface area (Å²) in [4.78, 5) is 32.1. The van der Waals surface area contributed by atoms with Crippen LogP contribution in [0.5, 0.6) is 0 Å². The Hall–Kier alpha value is -4.31. The van der Waals surface area contributed by atoms with E-state index in [1.807, 2.05) is 36.4 Å². The van der Waals surface area contributed by atoms with E-state index in [9.17, 15) is 9.59 Å². The normalized spacial score (nSPS) is 13.0. The molecule has 0 radical (unpaired) electrons. The van der Waals surface area contributed by atoms with Crippen LogP contribution in [0.1, 0.15) is 11.1 Å². The molecule has 4 amide bonds. The first-order chi connectivity index (χ1) is 14.6. The summed E-state index contributed by atoms with van der Waals surface area (Å²) in [5.74, 6) is 6.35. The largest absolute Gasteiger partial charge is 0.383 e. The molecule has 2 heterocycles. The summed E-state index contributed by atoms with van der Waals surface area (Å²) in [6.07, 6.45) is 1.61. The van der Waals surface area contributed by atoms with Crippen LogP contribution in [0.25, 0.3) is 0 Å². The Bertz CT molecular complexity index is 1150. The minimum Gasteiger partial charge on any atom is -0.383 e. The first-order valence-corrected chi connectivity index (χ1v) is 9.39. The van der Waals surface area contributed by atoms with Crippen LogP contribution in [0.4, 0.5) is 26.8 Å². The van der Waals surface area contributed by atoms with Crippen LogP contribution in [0.3, 0.4) is 0 Å². The minimum atomic E-state index is -0.472. The quantitative estimate of drug-likeness (QED) is 0.647. The zero-order valence-corrected chi connectivity index (χ0v) is 16.1. The molecule has 1 aliphatic heterocycles. The number of benzene rings is 2. The van der Waals surface area contributed by atoms with Gasteiger partial charge in [0.1, 0.15) is 5.82 Å². The molecule has 2 aromatic carbocycles. The van der Waals surface area contributed by atoms with Crippen LogP contribution >= 0.6 is 0 Å². The second-order valence-corrected chi connectivity index (χ2v) is 6.62. The number of amides is 4. The van der Waals surface area contributed by atoms with Crippen LogP contribution < -0.4 is 16.0 Å². The number of nitrogen functional groups attached to an aromatic ring is 1. The molecule has 1 aliphatic rings. The van der Waals surface area contributed by atoms with Crippen LogP contribution in [0.15, 0.2) is 72.9 Å². The Morgan fingerprint density at radius 1 is 1.00 bits per heavy atom. The van der Waals surface area contributed by atoms with Crippen LogP contribution in [-0.2, 0) is 0 Å². The average Bonchev–Trinajstić information content (AvgIpc) is 3.15. The van der Waals surface area contributed by atoms with Gasteiger partial charge in [0.25, 0.3) is 0 Å². The van der Waals surface area contributed by atoms with Crippen LogP contribution in [0.2, 0.25) is 0 Å². The van der Waals surface area contributed by atoms with Crippen molar-refractivity contribution in [1.29, 1.82) is 0 Å². The SMILES string of the molecule is Nc1ncccc1C#Cc1cccc(NC(=O)N2CCN(c3ccccc3)C2=O)c1. The molecule has 3 N–H and O–H groups in total. The first-order valence-electron chi connectivity index (χ1n) is 9.39. The first kappa shape index (κ1) is 19.0. The molecule has 7 heteroatoms. The number of hydrogen-bond donors (Lipinski definition) is 2. The Morgan fingerprint density at radius 3 is 2.63 bits per heavy atom. The monoisotopic (exact) mass is 397 g/mol. The van der Waals surface area contributed by atoms with Crippen LogP contribution in [-0.4, -0.2) is 35.0 Å². The van der Waals surface area contributed by atoms with Crippen molar-refractivity contribution in [3.05, 3.63) is 84.1 Å². The molecule has 30 heavy (non-hydrogen) atoms. The zero-order valence-electron chi connectivity index (χ0n) is 16.1. The van der Waals surface area contributed by atoms with E-state index in [0.29, 0.717) is 35.7 Å². The Labute approximate surface area is 174 Å². The van der Waals surface area contributed by atoms with E-state index >= 15 is 0 Å². The van der Waals surface area contributed by atoms with Crippen molar-refractivity contribution in [2.75, 3.05) is 29.0 Å². The summed E-state index contributed by atoms with van der Waals surface area (Å²) in [6, 6.07) is 19.1. The number of aromatic nitrogens is 1. The van der Waals surface area contributed by atoms with Gasteiger partial charge in [-0.15, -0.1) is 0 Å². The second kappa shape index (κ2) is 8.37. The van der Waals surface area contributed by atoms with Gasteiger partial charge in [0.15, 0.2) is 0 Å². The van der Waals surface area contributed by atoms with Gasteiger partial charge in [-0.1, -0.05) is 36.1 Å². The van der Waals surface area contributed by atoms with Crippen molar-refractivity contribution in [2.45, 2.75) is 0 Å². The van der Waals surface area contributed by atoms with Gasteiger partial charge in [-0.2, -0.15) is 0 Å². The minimum absolute atomic E-state index is 0.319. The number of hydrogen-bond acceptors (Lipinski definition) is 4. The molecule has 0 bridgehead atoms. The zero-order chi connectivity index (χ0) is 20.9. The van der Waals surface area contributed by atoms with E-state index in [0.717, 1.165) is 5.69 Å². The predicted molar refractivity (Wildman–Crippen MR) is 116 cm³/mol. The highest BCUT2D eigenvalue weighted by atomic mass is 16.2. The molecule has 7 nitrogen and oxygen atoms in total. The number of imide groups is 1. The third kappa shape index (κ3) is 4.08. The standard InChI is InChI=1S/C23H19N5O2/c24-21-18(7-5-13-25-21)12-11-17-6-4-8-19(16-17)26-22(29)28-15-14-27(23(28)30)20-9-2-1-3-10-20/h1-10,13,16H,14-15H2,(H2,24,25)(H,26,29). The molecule has 1 saturated heterocycles. The van der Waals surface area contributed by atoms with E-state index in [-0.39, 0.29) is 6.03 Å². The van der Waals surface area contributed by atoms with Crippen molar-refractivity contribution in [2.24, 2.45) is 0 Å². The highest BCUT2D eigenvalue weighted by molar-refractivity contribution is 6.08. The van der Waals surface area contributed by atoms with E-state index in [4.69, 9.17) is 5.73 Å². The van der Waals surface area contributed by atoms with Crippen molar-refractivity contribution in [3.8, 4) is 11.8 Å². The topological polar surface area (TPSA) is 91.6 Å². The number of carbonyl (C=O) groups excluding carboxylic acids is 2. The van der Waals surface area contributed by atoms with Gasteiger partial charge in [0.05, 0.1) is 12.1 Å². The van der Waals surface area contributed by atoms with E-state index in [1.54, 1.807) is 41.4 Å². The molecule has 0 spiro atoms. The molecular formula is C23H19N5O2. The third-order valence-electron chi connectivity index (χ3n) is 4.62. The lowest BCUT2D eigenvalue weighted by atomic mass is 10.2. The lowest BCUT2D eigenvalue weighted by Gasteiger charge is -2.18. The molecule has 4 rings (SSSR count). The van der Waals surface area contributed by atoms with Gasteiger partial charge in [0, 0.05) is 29.7 Å². The number of nitrogens with two attached hydrogens (primary N) is 1. The van der Waals surface area contributed by atoms with Gasteiger partial charge >= 0.3 is 12.1 Å². The Kier molecular flexibility index (Phi) is 5.31. The number of pyridine rings is 1. The summed E-state index contributed by atoms with van der Waals surface area (Å²) in [5.41, 5.74) is 8.46. The summed E-state index contributed by atoms with van der Waals surface area (Å²) in [5, 5.41) is 2.77. The third-order valence-corrected chi connectivity index (χ3v) is 4.62. The number of rotatable bonds is 2. The summed E-state index contributed by atoms with van der Waals surface area (Å²) >= 11 is 0.